The molecule has 1 aromatic rings. The molecule has 1 aromatic carbocycles. The first-order valence-corrected chi connectivity index (χ1v) is 6.46. The topological polar surface area (TPSA) is 49.6 Å². The molecule has 0 aromatic heterocycles. The average molecular weight is 268 g/mol. The summed E-state index contributed by atoms with van der Waals surface area (Å²) in [7, 11) is 0. The zero-order valence-electron chi connectivity index (χ0n) is 9.88. The van der Waals surface area contributed by atoms with Crippen molar-refractivity contribution in [2.45, 2.75) is 12.5 Å². The van der Waals surface area contributed by atoms with E-state index in [4.69, 9.17) is 11.6 Å². The zero-order valence-corrected chi connectivity index (χ0v) is 10.6. The van der Waals surface area contributed by atoms with Crippen molar-refractivity contribution >= 4 is 23.0 Å². The highest BCUT2D eigenvalue weighted by molar-refractivity contribution is 6.30. The molecular formula is C12H14ClN3O2. The third-order valence-electron chi connectivity index (χ3n) is 3.79. The molecular weight excluding hydrogens is 254 g/mol. The molecule has 2 saturated heterocycles. The van der Waals surface area contributed by atoms with Crippen LogP contribution in [0.4, 0.5) is 11.4 Å². The van der Waals surface area contributed by atoms with Gasteiger partial charge in [-0.2, -0.15) is 0 Å². The summed E-state index contributed by atoms with van der Waals surface area (Å²) >= 11 is 5.85. The molecule has 2 aliphatic rings. The van der Waals surface area contributed by atoms with Crippen LogP contribution in [0.1, 0.15) is 6.42 Å². The molecule has 0 N–H and O–H groups in total. The Morgan fingerprint density at radius 3 is 2.94 bits per heavy atom. The van der Waals surface area contributed by atoms with Gasteiger partial charge in [-0.15, -0.1) is 0 Å². The summed E-state index contributed by atoms with van der Waals surface area (Å²) in [5, 5.41) is 11.5. The Balaban J connectivity index is 1.98. The second kappa shape index (κ2) is 4.40. The fourth-order valence-electron chi connectivity index (χ4n) is 2.90. The van der Waals surface area contributed by atoms with Gasteiger partial charge in [0.2, 0.25) is 0 Å². The third kappa shape index (κ3) is 1.93. The molecule has 2 bridgehead atoms. The monoisotopic (exact) mass is 267 g/mol. The number of nitro benzene ring substituents is 1. The van der Waals surface area contributed by atoms with Crippen molar-refractivity contribution in [3.05, 3.63) is 33.3 Å². The van der Waals surface area contributed by atoms with Crippen LogP contribution in [0, 0.1) is 10.1 Å². The van der Waals surface area contributed by atoms with Crippen LogP contribution in [0.3, 0.4) is 0 Å². The molecule has 0 aliphatic carbocycles. The van der Waals surface area contributed by atoms with Crippen molar-refractivity contribution in [1.82, 2.24) is 4.90 Å². The lowest BCUT2D eigenvalue weighted by Gasteiger charge is -2.35. The Morgan fingerprint density at radius 1 is 1.33 bits per heavy atom. The van der Waals surface area contributed by atoms with E-state index in [1.165, 1.54) is 6.07 Å². The van der Waals surface area contributed by atoms with Crippen molar-refractivity contribution in [1.29, 1.82) is 0 Å². The van der Waals surface area contributed by atoms with E-state index in [0.717, 1.165) is 32.6 Å². The van der Waals surface area contributed by atoms with Gasteiger partial charge in [0.05, 0.1) is 4.92 Å². The number of halogens is 1. The van der Waals surface area contributed by atoms with Crippen molar-refractivity contribution in [2.75, 3.05) is 31.1 Å². The Labute approximate surface area is 110 Å². The summed E-state index contributed by atoms with van der Waals surface area (Å²) in [4.78, 5) is 15.4. The molecule has 96 valence electrons. The normalized spacial score (nSPS) is 26.4. The van der Waals surface area contributed by atoms with E-state index >= 15 is 0 Å². The third-order valence-corrected chi connectivity index (χ3v) is 4.02. The highest BCUT2D eigenvalue weighted by Gasteiger charge is 2.35. The molecule has 2 fully saturated rings. The summed E-state index contributed by atoms with van der Waals surface area (Å²) < 4.78 is 0. The number of hydrogen-bond donors (Lipinski definition) is 0. The number of piperazine rings is 1. The molecule has 18 heavy (non-hydrogen) atoms. The van der Waals surface area contributed by atoms with Gasteiger partial charge in [-0.3, -0.25) is 15.0 Å². The highest BCUT2D eigenvalue weighted by atomic mass is 35.5. The number of hydrogen-bond acceptors (Lipinski definition) is 4. The van der Waals surface area contributed by atoms with Gasteiger partial charge in [-0.1, -0.05) is 11.6 Å². The second-order valence-electron chi connectivity index (χ2n) is 4.83. The fourth-order valence-corrected chi connectivity index (χ4v) is 3.07. The summed E-state index contributed by atoms with van der Waals surface area (Å²) in [6.07, 6.45) is 1.08. The van der Waals surface area contributed by atoms with E-state index in [1.807, 2.05) is 0 Å². The van der Waals surface area contributed by atoms with Crippen LogP contribution in [0.5, 0.6) is 0 Å². The first kappa shape index (κ1) is 11.7. The van der Waals surface area contributed by atoms with E-state index < -0.39 is 0 Å². The number of fused-ring (bicyclic) bond motifs is 2. The Hall–Kier alpha value is -1.33. The van der Waals surface area contributed by atoms with Crippen LogP contribution in [0.25, 0.3) is 0 Å². The maximum Gasteiger partial charge on any atom is 0.294 e. The first-order valence-electron chi connectivity index (χ1n) is 6.08. The van der Waals surface area contributed by atoms with Crippen molar-refractivity contribution in [2.24, 2.45) is 0 Å². The van der Waals surface area contributed by atoms with Gasteiger partial charge < -0.3 is 4.90 Å². The van der Waals surface area contributed by atoms with Gasteiger partial charge in [-0.25, -0.2) is 0 Å². The minimum atomic E-state index is -0.345. The molecule has 0 radical (unpaired) electrons. The quantitative estimate of drug-likeness (QED) is 0.609. The minimum absolute atomic E-state index is 0.114. The molecule has 0 amide bonds. The number of anilines is 1. The van der Waals surface area contributed by atoms with E-state index in [-0.39, 0.29) is 10.6 Å². The van der Waals surface area contributed by atoms with E-state index in [9.17, 15) is 10.1 Å². The van der Waals surface area contributed by atoms with Gasteiger partial charge >= 0.3 is 0 Å². The summed E-state index contributed by atoms with van der Waals surface area (Å²) in [5.41, 5.74) is 0.818. The minimum Gasteiger partial charge on any atom is -0.360 e. The summed E-state index contributed by atoms with van der Waals surface area (Å²) in [6.45, 7) is 3.95. The van der Waals surface area contributed by atoms with Crippen LogP contribution in [0.15, 0.2) is 18.2 Å². The molecule has 0 saturated carbocycles. The number of rotatable bonds is 2. The lowest BCUT2D eigenvalue weighted by Crippen LogP contribution is -2.47. The van der Waals surface area contributed by atoms with Crippen molar-refractivity contribution in [3.63, 3.8) is 0 Å². The van der Waals surface area contributed by atoms with Crippen LogP contribution in [-0.2, 0) is 0 Å². The molecule has 2 atom stereocenters. The van der Waals surface area contributed by atoms with E-state index in [0.29, 0.717) is 16.8 Å². The summed E-state index contributed by atoms with van der Waals surface area (Å²) in [6, 6.07) is 5.34. The van der Waals surface area contributed by atoms with Crippen molar-refractivity contribution in [3.8, 4) is 0 Å². The van der Waals surface area contributed by atoms with E-state index in [2.05, 4.69) is 9.80 Å². The molecule has 2 aliphatic heterocycles. The smallest absolute Gasteiger partial charge is 0.294 e. The van der Waals surface area contributed by atoms with Gasteiger partial charge in [0.1, 0.15) is 5.69 Å². The van der Waals surface area contributed by atoms with Crippen LogP contribution in [-0.4, -0.2) is 42.0 Å². The fraction of sp³-hybridized carbons (Fsp3) is 0.500. The average Bonchev–Trinajstić information content (AvgIpc) is 2.72. The molecule has 3 rings (SSSR count). The van der Waals surface area contributed by atoms with Crippen LogP contribution >= 0.6 is 11.6 Å². The van der Waals surface area contributed by atoms with Crippen LogP contribution in [0.2, 0.25) is 5.02 Å². The molecule has 6 heteroatoms. The number of benzene rings is 1. The van der Waals surface area contributed by atoms with E-state index in [1.54, 1.807) is 12.1 Å². The Bertz CT molecular complexity index is 494. The first-order chi connectivity index (χ1) is 8.65. The van der Waals surface area contributed by atoms with Gasteiger partial charge in [0.25, 0.3) is 5.69 Å². The highest BCUT2D eigenvalue weighted by Crippen LogP contribution is 2.35. The predicted octanol–water partition coefficient (Wildman–Crippen LogP) is 2.14. The lowest BCUT2D eigenvalue weighted by atomic mass is 10.1. The standard InChI is InChI=1S/C12H14ClN3O2/c13-9-1-2-11(12(7-9)16(17)18)15-6-5-14-4-3-10(15)8-14/h1-2,7,10H,3-6,8H2. The molecule has 0 spiro atoms. The second-order valence-corrected chi connectivity index (χ2v) is 5.26. The lowest BCUT2D eigenvalue weighted by molar-refractivity contribution is -0.384. The van der Waals surface area contributed by atoms with Crippen molar-refractivity contribution < 1.29 is 4.92 Å². The largest absolute Gasteiger partial charge is 0.360 e. The maximum atomic E-state index is 11.1. The number of nitro groups is 1. The Morgan fingerprint density at radius 2 is 2.17 bits per heavy atom. The zero-order chi connectivity index (χ0) is 12.7. The molecule has 5 nitrogen and oxygen atoms in total. The summed E-state index contributed by atoms with van der Waals surface area (Å²) in [5.74, 6) is 0. The molecule has 2 heterocycles. The predicted molar refractivity (Wildman–Crippen MR) is 70.3 cm³/mol. The maximum absolute atomic E-state index is 11.1. The van der Waals surface area contributed by atoms with Gasteiger partial charge in [-0.05, 0) is 18.6 Å². The van der Waals surface area contributed by atoms with Gasteiger partial charge in [0.15, 0.2) is 0 Å². The molecule has 2 unspecified atom stereocenters. The SMILES string of the molecule is O=[N+]([O-])c1cc(Cl)ccc1N1CCN2CCC1C2. The van der Waals surface area contributed by atoms with Gasteiger partial charge in [0, 0.05) is 43.3 Å². The Kier molecular flexibility index (Phi) is 2.87. The number of nitrogens with zero attached hydrogens (tertiary/aromatic N) is 3. The van der Waals surface area contributed by atoms with Crippen LogP contribution < -0.4 is 4.90 Å².